The smallest absolute Gasteiger partial charge is 0.269 e. The predicted octanol–water partition coefficient (Wildman–Crippen LogP) is 1.36. The molecule has 2 rings (SSSR count). The first-order valence-electron chi connectivity index (χ1n) is 5.03. The zero-order valence-electron chi connectivity index (χ0n) is 8.84. The number of nitro groups is 1. The second-order valence-corrected chi connectivity index (χ2v) is 4.24. The van der Waals surface area contributed by atoms with Crippen molar-refractivity contribution in [2.45, 2.75) is 18.8 Å². The van der Waals surface area contributed by atoms with Crippen LogP contribution in [0.4, 0.5) is 5.69 Å². The van der Waals surface area contributed by atoms with Crippen LogP contribution in [0.1, 0.15) is 18.9 Å². The summed E-state index contributed by atoms with van der Waals surface area (Å²) in [6, 6.07) is 6.05. The molecule has 1 saturated carbocycles. The minimum Gasteiger partial charge on any atom is -0.369 e. The topological polar surface area (TPSA) is 86.2 Å². The third-order valence-electron chi connectivity index (χ3n) is 3.34. The van der Waals surface area contributed by atoms with Gasteiger partial charge in [-0.1, -0.05) is 19.1 Å². The molecule has 1 aromatic rings. The summed E-state index contributed by atoms with van der Waals surface area (Å²) in [7, 11) is 0. The zero-order chi connectivity index (χ0) is 11.9. The number of benzene rings is 1. The number of hydrogen-bond donors (Lipinski definition) is 1. The highest BCUT2D eigenvalue weighted by Crippen LogP contribution is 2.53. The van der Waals surface area contributed by atoms with E-state index in [4.69, 9.17) is 5.73 Å². The van der Waals surface area contributed by atoms with Crippen LogP contribution in [0.25, 0.3) is 0 Å². The molecule has 0 aliphatic heterocycles. The highest BCUT2D eigenvalue weighted by atomic mass is 16.6. The molecule has 2 atom stereocenters. The van der Waals surface area contributed by atoms with Gasteiger partial charge < -0.3 is 5.73 Å². The molecule has 16 heavy (non-hydrogen) atoms. The van der Waals surface area contributed by atoms with Crippen LogP contribution in [0.3, 0.4) is 0 Å². The van der Waals surface area contributed by atoms with Gasteiger partial charge in [0.05, 0.1) is 10.3 Å². The average Bonchev–Trinajstić information content (AvgIpc) is 2.92. The van der Waals surface area contributed by atoms with E-state index in [0.717, 1.165) is 12.0 Å². The molecule has 2 unspecified atom stereocenters. The number of amides is 1. The maximum absolute atomic E-state index is 11.4. The molecule has 0 aromatic heterocycles. The first kappa shape index (κ1) is 10.6. The second-order valence-electron chi connectivity index (χ2n) is 4.24. The van der Waals surface area contributed by atoms with Crippen LogP contribution in [-0.2, 0) is 10.2 Å². The highest BCUT2D eigenvalue weighted by molar-refractivity contribution is 5.90. The quantitative estimate of drug-likeness (QED) is 0.616. The Morgan fingerprint density at radius 2 is 2.00 bits per heavy atom. The van der Waals surface area contributed by atoms with Gasteiger partial charge >= 0.3 is 0 Å². The SMILES string of the molecule is CC1CC1(C(N)=O)c1ccc([N+](=O)[O-])cc1. The molecule has 0 heterocycles. The van der Waals surface area contributed by atoms with Gasteiger partial charge in [-0.15, -0.1) is 0 Å². The van der Waals surface area contributed by atoms with E-state index in [2.05, 4.69) is 0 Å². The summed E-state index contributed by atoms with van der Waals surface area (Å²) in [6.07, 6.45) is 0.722. The molecule has 84 valence electrons. The zero-order valence-corrected chi connectivity index (χ0v) is 8.84. The molecular formula is C11H12N2O3. The number of non-ortho nitro benzene ring substituents is 1. The molecule has 0 bridgehead atoms. The van der Waals surface area contributed by atoms with Crippen molar-refractivity contribution in [2.24, 2.45) is 11.7 Å². The Bertz CT molecular complexity index is 455. The standard InChI is InChI=1S/C11H12N2O3/c1-7-6-11(7,10(12)14)8-2-4-9(5-3-8)13(15)16/h2-5,7H,6H2,1H3,(H2,12,14). The van der Waals surface area contributed by atoms with Gasteiger partial charge in [-0.25, -0.2) is 0 Å². The lowest BCUT2D eigenvalue weighted by molar-refractivity contribution is -0.384. The van der Waals surface area contributed by atoms with Crippen LogP contribution < -0.4 is 5.73 Å². The third kappa shape index (κ3) is 1.36. The molecule has 1 aliphatic rings. The van der Waals surface area contributed by atoms with Gasteiger partial charge in [-0.2, -0.15) is 0 Å². The maximum Gasteiger partial charge on any atom is 0.269 e. The number of nitro benzene ring substituents is 1. The van der Waals surface area contributed by atoms with Crippen molar-refractivity contribution in [3.05, 3.63) is 39.9 Å². The summed E-state index contributed by atoms with van der Waals surface area (Å²) >= 11 is 0. The van der Waals surface area contributed by atoms with E-state index < -0.39 is 10.3 Å². The van der Waals surface area contributed by atoms with E-state index in [1.807, 2.05) is 6.92 Å². The Kier molecular flexibility index (Phi) is 2.18. The van der Waals surface area contributed by atoms with Crippen LogP contribution in [0.2, 0.25) is 0 Å². The summed E-state index contributed by atoms with van der Waals surface area (Å²) in [6.45, 7) is 1.95. The highest BCUT2D eigenvalue weighted by Gasteiger charge is 2.57. The molecule has 0 radical (unpaired) electrons. The van der Waals surface area contributed by atoms with Crippen molar-refractivity contribution in [2.75, 3.05) is 0 Å². The molecule has 1 aromatic carbocycles. The number of carbonyl (C=O) groups is 1. The fourth-order valence-corrected chi connectivity index (χ4v) is 2.19. The monoisotopic (exact) mass is 220 g/mol. The van der Waals surface area contributed by atoms with E-state index in [9.17, 15) is 14.9 Å². The molecule has 2 N–H and O–H groups in total. The first-order chi connectivity index (χ1) is 7.48. The van der Waals surface area contributed by atoms with Crippen molar-refractivity contribution in [3.63, 3.8) is 0 Å². The Balaban J connectivity index is 2.35. The minimum atomic E-state index is -0.602. The molecular weight excluding hydrogens is 208 g/mol. The lowest BCUT2D eigenvalue weighted by Crippen LogP contribution is -2.30. The Morgan fingerprint density at radius 1 is 1.50 bits per heavy atom. The van der Waals surface area contributed by atoms with Gasteiger partial charge in [0.1, 0.15) is 0 Å². The Labute approximate surface area is 92.4 Å². The fourth-order valence-electron chi connectivity index (χ4n) is 2.19. The van der Waals surface area contributed by atoms with E-state index in [-0.39, 0.29) is 17.5 Å². The number of rotatable bonds is 3. The van der Waals surface area contributed by atoms with Gasteiger partial charge in [-0.3, -0.25) is 14.9 Å². The molecule has 1 fully saturated rings. The molecule has 0 spiro atoms. The largest absolute Gasteiger partial charge is 0.369 e. The third-order valence-corrected chi connectivity index (χ3v) is 3.34. The fraction of sp³-hybridized carbons (Fsp3) is 0.364. The summed E-state index contributed by atoms with van der Waals surface area (Å²) in [5, 5.41) is 10.5. The van der Waals surface area contributed by atoms with Crippen molar-refractivity contribution < 1.29 is 9.72 Å². The van der Waals surface area contributed by atoms with Crippen LogP contribution in [-0.4, -0.2) is 10.8 Å². The number of primary amides is 1. The molecule has 0 saturated heterocycles. The van der Waals surface area contributed by atoms with E-state index in [1.165, 1.54) is 12.1 Å². The number of nitrogens with zero attached hydrogens (tertiary/aromatic N) is 1. The normalized spacial score (nSPS) is 27.4. The first-order valence-corrected chi connectivity index (χ1v) is 5.03. The van der Waals surface area contributed by atoms with E-state index >= 15 is 0 Å². The van der Waals surface area contributed by atoms with Gasteiger partial charge in [0.25, 0.3) is 5.69 Å². The van der Waals surface area contributed by atoms with Crippen LogP contribution in [0.5, 0.6) is 0 Å². The van der Waals surface area contributed by atoms with Gasteiger partial charge in [0.15, 0.2) is 0 Å². The summed E-state index contributed by atoms with van der Waals surface area (Å²) in [5.41, 5.74) is 5.58. The number of carbonyl (C=O) groups excluding carboxylic acids is 1. The van der Waals surface area contributed by atoms with Crippen molar-refractivity contribution in [1.82, 2.24) is 0 Å². The van der Waals surface area contributed by atoms with Crippen molar-refractivity contribution in [3.8, 4) is 0 Å². The molecule has 5 nitrogen and oxygen atoms in total. The van der Waals surface area contributed by atoms with Crippen molar-refractivity contribution in [1.29, 1.82) is 0 Å². The second kappa shape index (κ2) is 3.30. The Morgan fingerprint density at radius 3 is 2.31 bits per heavy atom. The van der Waals surface area contributed by atoms with Crippen LogP contribution in [0, 0.1) is 16.0 Å². The number of nitrogens with two attached hydrogens (primary N) is 1. The van der Waals surface area contributed by atoms with E-state index in [1.54, 1.807) is 12.1 Å². The van der Waals surface area contributed by atoms with Gasteiger partial charge in [0, 0.05) is 12.1 Å². The summed E-state index contributed by atoms with van der Waals surface area (Å²) in [4.78, 5) is 21.4. The van der Waals surface area contributed by atoms with E-state index in [0.29, 0.717) is 0 Å². The summed E-state index contributed by atoms with van der Waals surface area (Å²) < 4.78 is 0. The molecule has 1 aliphatic carbocycles. The lowest BCUT2D eigenvalue weighted by atomic mass is 9.93. The molecule has 5 heteroatoms. The minimum absolute atomic E-state index is 0.0247. The maximum atomic E-state index is 11.4. The van der Waals surface area contributed by atoms with Crippen LogP contribution >= 0.6 is 0 Å². The predicted molar refractivity (Wildman–Crippen MR) is 57.7 cm³/mol. The van der Waals surface area contributed by atoms with Gasteiger partial charge in [-0.05, 0) is 17.9 Å². The Hall–Kier alpha value is -1.91. The van der Waals surface area contributed by atoms with Crippen molar-refractivity contribution >= 4 is 11.6 Å². The lowest BCUT2D eigenvalue weighted by Gasteiger charge is -2.12. The van der Waals surface area contributed by atoms with Crippen LogP contribution in [0.15, 0.2) is 24.3 Å². The molecule has 1 amide bonds. The average molecular weight is 220 g/mol. The summed E-state index contributed by atoms with van der Waals surface area (Å²) in [5.74, 6) is -0.139. The number of hydrogen-bond acceptors (Lipinski definition) is 3. The van der Waals surface area contributed by atoms with Gasteiger partial charge in [0.2, 0.25) is 5.91 Å².